The standard InChI is InChI=1S/C22H20N4O2S/c1-13-7-6-10-26-12-16(24-21(13)26)11-17(27)25-22-19(20(23)28)18(14(2)29-22)15-8-4-3-5-9-15/h3-10,12H,11H2,1-2H3,(H2,23,28)(H,25,27). The topological polar surface area (TPSA) is 89.5 Å². The second-order valence-electron chi connectivity index (χ2n) is 6.85. The third-order valence-corrected chi connectivity index (χ3v) is 5.74. The minimum atomic E-state index is -0.563. The fraction of sp³-hybridized carbons (Fsp3) is 0.136. The van der Waals surface area contributed by atoms with Gasteiger partial charge in [0.15, 0.2) is 0 Å². The Labute approximate surface area is 172 Å². The van der Waals surface area contributed by atoms with Gasteiger partial charge in [0.25, 0.3) is 5.91 Å². The Morgan fingerprint density at radius 3 is 2.59 bits per heavy atom. The quantitative estimate of drug-likeness (QED) is 0.528. The monoisotopic (exact) mass is 404 g/mol. The highest BCUT2D eigenvalue weighted by Gasteiger charge is 2.23. The van der Waals surface area contributed by atoms with Crippen molar-refractivity contribution in [3.8, 4) is 11.1 Å². The summed E-state index contributed by atoms with van der Waals surface area (Å²) < 4.78 is 1.90. The van der Waals surface area contributed by atoms with Crippen molar-refractivity contribution in [2.24, 2.45) is 5.73 Å². The van der Waals surface area contributed by atoms with E-state index in [1.165, 1.54) is 11.3 Å². The summed E-state index contributed by atoms with van der Waals surface area (Å²) in [6.45, 7) is 3.89. The summed E-state index contributed by atoms with van der Waals surface area (Å²) in [6, 6.07) is 13.5. The summed E-state index contributed by atoms with van der Waals surface area (Å²) >= 11 is 1.35. The predicted molar refractivity (Wildman–Crippen MR) is 115 cm³/mol. The van der Waals surface area contributed by atoms with E-state index in [1.54, 1.807) is 0 Å². The lowest BCUT2D eigenvalue weighted by atomic mass is 10.0. The summed E-state index contributed by atoms with van der Waals surface area (Å²) in [7, 11) is 0. The van der Waals surface area contributed by atoms with Crippen LogP contribution in [0.1, 0.15) is 26.5 Å². The molecule has 6 nitrogen and oxygen atoms in total. The molecule has 3 N–H and O–H groups in total. The fourth-order valence-electron chi connectivity index (χ4n) is 3.45. The number of pyridine rings is 1. The molecule has 1 aromatic carbocycles. The predicted octanol–water partition coefficient (Wildman–Crippen LogP) is 3.96. The number of amides is 2. The maximum absolute atomic E-state index is 12.7. The summed E-state index contributed by atoms with van der Waals surface area (Å²) in [5.41, 5.74) is 10.2. The number of aromatic nitrogens is 2. The summed E-state index contributed by atoms with van der Waals surface area (Å²) in [4.78, 5) is 30.3. The van der Waals surface area contributed by atoms with Crippen molar-refractivity contribution in [2.75, 3.05) is 5.32 Å². The number of imidazole rings is 1. The molecule has 4 aromatic rings. The average molecular weight is 404 g/mol. The summed E-state index contributed by atoms with van der Waals surface area (Å²) in [5.74, 6) is -0.804. The minimum Gasteiger partial charge on any atom is -0.365 e. The molecule has 0 fully saturated rings. The van der Waals surface area contributed by atoms with Gasteiger partial charge in [0, 0.05) is 22.8 Å². The van der Waals surface area contributed by atoms with E-state index >= 15 is 0 Å². The van der Waals surface area contributed by atoms with Crippen LogP contribution in [0.3, 0.4) is 0 Å². The van der Waals surface area contributed by atoms with E-state index < -0.39 is 5.91 Å². The van der Waals surface area contributed by atoms with Gasteiger partial charge in [0.1, 0.15) is 10.6 Å². The molecule has 146 valence electrons. The number of aryl methyl sites for hydroxylation is 2. The van der Waals surface area contributed by atoms with Crippen molar-refractivity contribution in [1.29, 1.82) is 0 Å². The molecule has 29 heavy (non-hydrogen) atoms. The van der Waals surface area contributed by atoms with Gasteiger partial charge in [0.05, 0.1) is 17.7 Å². The Morgan fingerprint density at radius 1 is 1.14 bits per heavy atom. The van der Waals surface area contributed by atoms with Crippen LogP contribution in [0.4, 0.5) is 5.00 Å². The van der Waals surface area contributed by atoms with Gasteiger partial charge in [-0.15, -0.1) is 11.3 Å². The lowest BCUT2D eigenvalue weighted by Crippen LogP contribution is -2.18. The number of nitrogens with zero attached hydrogens (tertiary/aromatic N) is 2. The van der Waals surface area contributed by atoms with Crippen LogP contribution in [0.2, 0.25) is 0 Å². The number of carbonyl (C=O) groups is 2. The molecule has 0 aliphatic rings. The highest BCUT2D eigenvalue weighted by atomic mass is 32.1. The van der Waals surface area contributed by atoms with Gasteiger partial charge in [-0.1, -0.05) is 36.4 Å². The van der Waals surface area contributed by atoms with Gasteiger partial charge < -0.3 is 15.5 Å². The normalized spacial score (nSPS) is 11.0. The minimum absolute atomic E-state index is 0.108. The number of thiophene rings is 1. The van der Waals surface area contributed by atoms with Gasteiger partial charge in [0.2, 0.25) is 5.91 Å². The first-order chi connectivity index (χ1) is 13.9. The first-order valence-corrected chi connectivity index (χ1v) is 9.97. The molecular weight excluding hydrogens is 384 g/mol. The van der Waals surface area contributed by atoms with E-state index in [0.29, 0.717) is 16.3 Å². The van der Waals surface area contributed by atoms with Crippen molar-refractivity contribution in [1.82, 2.24) is 9.38 Å². The molecule has 4 rings (SSSR count). The molecule has 3 aromatic heterocycles. The van der Waals surface area contributed by atoms with Gasteiger partial charge in [-0.3, -0.25) is 9.59 Å². The summed E-state index contributed by atoms with van der Waals surface area (Å²) in [5, 5.41) is 3.33. The molecule has 0 atom stereocenters. The lowest BCUT2D eigenvalue weighted by molar-refractivity contribution is -0.115. The maximum atomic E-state index is 12.7. The SMILES string of the molecule is Cc1sc(NC(=O)Cc2cn3cccc(C)c3n2)c(C(N)=O)c1-c1ccccc1. The number of nitrogens with two attached hydrogens (primary N) is 1. The zero-order chi connectivity index (χ0) is 20.5. The Hall–Kier alpha value is -3.45. The van der Waals surface area contributed by atoms with E-state index in [-0.39, 0.29) is 12.3 Å². The first-order valence-electron chi connectivity index (χ1n) is 9.15. The molecule has 7 heteroatoms. The number of fused-ring (bicyclic) bond motifs is 1. The van der Waals surface area contributed by atoms with Crippen molar-refractivity contribution < 1.29 is 9.59 Å². The van der Waals surface area contributed by atoms with Crippen molar-refractivity contribution in [3.63, 3.8) is 0 Å². The van der Waals surface area contributed by atoms with Gasteiger partial charge in [-0.25, -0.2) is 4.98 Å². The molecule has 0 bridgehead atoms. The molecule has 3 heterocycles. The second kappa shape index (κ2) is 7.52. The number of hydrogen-bond donors (Lipinski definition) is 2. The average Bonchev–Trinajstić information content (AvgIpc) is 3.23. The number of rotatable bonds is 5. The van der Waals surface area contributed by atoms with Crippen LogP contribution in [0, 0.1) is 13.8 Å². The molecule has 0 saturated carbocycles. The van der Waals surface area contributed by atoms with Crippen molar-refractivity contribution in [3.05, 3.63) is 76.6 Å². The number of primary amides is 1. The van der Waals surface area contributed by atoms with Crippen LogP contribution in [-0.2, 0) is 11.2 Å². The number of benzene rings is 1. The van der Waals surface area contributed by atoms with Crippen LogP contribution >= 0.6 is 11.3 Å². The number of hydrogen-bond acceptors (Lipinski definition) is 4. The van der Waals surface area contributed by atoms with E-state index in [1.807, 2.05) is 73.1 Å². The third kappa shape index (κ3) is 3.64. The molecule has 0 aliphatic heterocycles. The molecular formula is C22H20N4O2S. The van der Waals surface area contributed by atoms with Crippen molar-refractivity contribution >= 4 is 33.8 Å². The Bertz CT molecular complexity index is 1220. The lowest BCUT2D eigenvalue weighted by Gasteiger charge is -2.06. The van der Waals surface area contributed by atoms with E-state index in [2.05, 4.69) is 10.3 Å². The molecule has 0 aliphatic carbocycles. The van der Waals surface area contributed by atoms with Crippen molar-refractivity contribution in [2.45, 2.75) is 20.3 Å². The van der Waals surface area contributed by atoms with Gasteiger partial charge in [-0.05, 0) is 31.0 Å². The molecule has 0 unspecified atom stereocenters. The second-order valence-corrected chi connectivity index (χ2v) is 8.07. The molecule has 0 saturated heterocycles. The van der Waals surface area contributed by atoms with Gasteiger partial charge >= 0.3 is 0 Å². The molecule has 0 spiro atoms. The first kappa shape index (κ1) is 18.9. The van der Waals surface area contributed by atoms with Crippen LogP contribution < -0.4 is 11.1 Å². The van der Waals surface area contributed by atoms with Crippen LogP contribution in [0.25, 0.3) is 16.8 Å². The Kier molecular flexibility index (Phi) is 4.90. The van der Waals surface area contributed by atoms with Gasteiger partial charge in [-0.2, -0.15) is 0 Å². The molecule has 2 amide bonds. The molecule has 0 radical (unpaired) electrons. The van der Waals surface area contributed by atoms with Crippen LogP contribution in [0.15, 0.2) is 54.9 Å². The highest BCUT2D eigenvalue weighted by Crippen LogP contribution is 2.39. The fourth-order valence-corrected chi connectivity index (χ4v) is 4.54. The Morgan fingerprint density at radius 2 is 1.90 bits per heavy atom. The van der Waals surface area contributed by atoms with E-state index in [9.17, 15) is 9.59 Å². The zero-order valence-corrected chi connectivity index (χ0v) is 16.9. The maximum Gasteiger partial charge on any atom is 0.252 e. The van der Waals surface area contributed by atoms with E-state index in [4.69, 9.17) is 5.73 Å². The zero-order valence-electron chi connectivity index (χ0n) is 16.1. The van der Waals surface area contributed by atoms with Crippen LogP contribution in [0.5, 0.6) is 0 Å². The number of anilines is 1. The summed E-state index contributed by atoms with van der Waals surface area (Å²) in [6.07, 6.45) is 3.85. The largest absolute Gasteiger partial charge is 0.365 e. The smallest absolute Gasteiger partial charge is 0.252 e. The Balaban J connectivity index is 1.62. The third-order valence-electron chi connectivity index (χ3n) is 4.72. The number of nitrogens with one attached hydrogen (secondary N) is 1. The highest BCUT2D eigenvalue weighted by molar-refractivity contribution is 7.17. The van der Waals surface area contributed by atoms with E-state index in [0.717, 1.165) is 27.2 Å². The number of carbonyl (C=O) groups excluding carboxylic acids is 2. The van der Waals surface area contributed by atoms with Crippen LogP contribution in [-0.4, -0.2) is 21.2 Å².